The normalized spacial score (nSPS) is 11.9. The first-order valence-corrected chi connectivity index (χ1v) is 7.92. The number of amides is 1. The van der Waals surface area contributed by atoms with E-state index in [2.05, 4.69) is 12.2 Å². The first-order valence-electron chi connectivity index (χ1n) is 7.92. The molecular formula is C20H21NO3. The van der Waals surface area contributed by atoms with Crippen LogP contribution < -0.4 is 5.32 Å². The smallest absolute Gasteiger partial charge is 0.331 e. The molecule has 0 bridgehead atoms. The predicted molar refractivity (Wildman–Crippen MR) is 95.5 cm³/mol. The number of rotatable bonds is 6. The number of nitrogens with one attached hydrogen (secondary N) is 1. The van der Waals surface area contributed by atoms with Gasteiger partial charge >= 0.3 is 5.97 Å². The summed E-state index contributed by atoms with van der Waals surface area (Å²) in [5.41, 5.74) is 2.76. The van der Waals surface area contributed by atoms with Gasteiger partial charge in [-0.2, -0.15) is 0 Å². The van der Waals surface area contributed by atoms with Crippen LogP contribution in [-0.2, 0) is 20.7 Å². The Morgan fingerprint density at radius 3 is 2.38 bits per heavy atom. The lowest BCUT2D eigenvalue weighted by Gasteiger charge is -2.12. The van der Waals surface area contributed by atoms with Crippen LogP contribution in [0.5, 0.6) is 0 Å². The van der Waals surface area contributed by atoms with Gasteiger partial charge in [0.1, 0.15) is 0 Å². The van der Waals surface area contributed by atoms with E-state index >= 15 is 0 Å². The van der Waals surface area contributed by atoms with E-state index < -0.39 is 12.1 Å². The molecule has 0 saturated carbocycles. The van der Waals surface area contributed by atoms with Crippen molar-refractivity contribution in [3.63, 3.8) is 0 Å². The van der Waals surface area contributed by atoms with Gasteiger partial charge in [-0.1, -0.05) is 49.4 Å². The van der Waals surface area contributed by atoms with Crippen molar-refractivity contribution in [2.45, 2.75) is 26.4 Å². The van der Waals surface area contributed by atoms with Gasteiger partial charge in [-0.05, 0) is 42.7 Å². The van der Waals surface area contributed by atoms with E-state index in [1.165, 1.54) is 11.6 Å². The number of aryl methyl sites for hydroxylation is 1. The summed E-state index contributed by atoms with van der Waals surface area (Å²) in [5.74, 6) is -0.913. The standard InChI is InChI=1S/C20H21NO3/c1-3-16-9-12-18(13-10-16)21-20(23)15(2)24-19(22)14-11-17-7-5-4-6-8-17/h4-15H,3H2,1-2H3,(H,21,23)/b14-11+/t15-/m0/s1. The van der Waals surface area contributed by atoms with Crippen molar-refractivity contribution in [2.75, 3.05) is 5.32 Å². The van der Waals surface area contributed by atoms with Crippen LogP contribution in [0.15, 0.2) is 60.7 Å². The first-order chi connectivity index (χ1) is 11.6. The van der Waals surface area contributed by atoms with Crippen LogP contribution >= 0.6 is 0 Å². The molecule has 1 N–H and O–H groups in total. The summed E-state index contributed by atoms with van der Waals surface area (Å²) in [6, 6.07) is 17.0. The van der Waals surface area contributed by atoms with E-state index in [1.54, 1.807) is 13.0 Å². The van der Waals surface area contributed by atoms with Crippen molar-refractivity contribution < 1.29 is 14.3 Å². The van der Waals surface area contributed by atoms with E-state index in [0.29, 0.717) is 5.69 Å². The van der Waals surface area contributed by atoms with E-state index in [-0.39, 0.29) is 5.91 Å². The Balaban J connectivity index is 1.86. The zero-order chi connectivity index (χ0) is 17.4. The van der Waals surface area contributed by atoms with Gasteiger partial charge < -0.3 is 10.1 Å². The number of esters is 1. The Morgan fingerprint density at radius 1 is 1.08 bits per heavy atom. The summed E-state index contributed by atoms with van der Waals surface area (Å²) in [6.45, 7) is 3.61. The summed E-state index contributed by atoms with van der Waals surface area (Å²) >= 11 is 0. The minimum atomic E-state index is -0.872. The van der Waals surface area contributed by atoms with Gasteiger partial charge in [0.25, 0.3) is 5.91 Å². The molecule has 0 fully saturated rings. The molecule has 0 aromatic heterocycles. The molecule has 2 aromatic carbocycles. The highest BCUT2D eigenvalue weighted by atomic mass is 16.5. The zero-order valence-electron chi connectivity index (χ0n) is 13.9. The van der Waals surface area contributed by atoms with Crippen molar-refractivity contribution in [2.24, 2.45) is 0 Å². The molecule has 0 aliphatic carbocycles. The Bertz CT molecular complexity index is 705. The van der Waals surface area contributed by atoms with Gasteiger partial charge in [0.15, 0.2) is 6.10 Å². The van der Waals surface area contributed by atoms with Gasteiger partial charge in [-0.25, -0.2) is 4.79 Å². The molecule has 0 saturated heterocycles. The molecule has 0 aliphatic heterocycles. The summed E-state index contributed by atoms with van der Waals surface area (Å²) in [4.78, 5) is 23.8. The quantitative estimate of drug-likeness (QED) is 0.649. The molecule has 0 radical (unpaired) electrons. The van der Waals surface area contributed by atoms with Gasteiger partial charge in [0.05, 0.1) is 0 Å². The maximum absolute atomic E-state index is 12.1. The van der Waals surface area contributed by atoms with E-state index in [4.69, 9.17) is 4.74 Å². The fourth-order valence-electron chi connectivity index (χ4n) is 2.06. The fraction of sp³-hybridized carbons (Fsp3) is 0.200. The maximum atomic E-state index is 12.1. The lowest BCUT2D eigenvalue weighted by Crippen LogP contribution is -2.29. The molecule has 2 aromatic rings. The topological polar surface area (TPSA) is 55.4 Å². The lowest BCUT2D eigenvalue weighted by atomic mass is 10.1. The number of ether oxygens (including phenoxy) is 1. The van der Waals surface area contributed by atoms with Crippen LogP contribution in [0.3, 0.4) is 0 Å². The Labute approximate surface area is 142 Å². The number of hydrogen-bond donors (Lipinski definition) is 1. The summed E-state index contributed by atoms with van der Waals surface area (Å²) < 4.78 is 5.11. The average molecular weight is 323 g/mol. The number of carbonyl (C=O) groups excluding carboxylic acids is 2. The van der Waals surface area contributed by atoms with Gasteiger partial charge in [-0.15, -0.1) is 0 Å². The molecule has 0 heterocycles. The summed E-state index contributed by atoms with van der Waals surface area (Å²) in [5, 5.41) is 2.73. The van der Waals surface area contributed by atoms with Crippen LogP contribution in [0, 0.1) is 0 Å². The van der Waals surface area contributed by atoms with Crippen molar-refractivity contribution in [1.82, 2.24) is 0 Å². The minimum absolute atomic E-state index is 0.360. The van der Waals surface area contributed by atoms with Gasteiger partial charge in [0, 0.05) is 11.8 Å². The number of anilines is 1. The van der Waals surface area contributed by atoms with Crippen LogP contribution in [0.1, 0.15) is 25.0 Å². The molecule has 1 amide bonds. The number of hydrogen-bond acceptors (Lipinski definition) is 3. The Kier molecular flexibility index (Phi) is 6.32. The third kappa shape index (κ3) is 5.39. The Morgan fingerprint density at radius 2 is 1.75 bits per heavy atom. The van der Waals surface area contributed by atoms with E-state index in [1.807, 2.05) is 54.6 Å². The molecule has 2 rings (SSSR count). The molecule has 24 heavy (non-hydrogen) atoms. The van der Waals surface area contributed by atoms with Gasteiger partial charge in [-0.3, -0.25) is 4.79 Å². The van der Waals surface area contributed by atoms with Crippen LogP contribution in [0.4, 0.5) is 5.69 Å². The lowest BCUT2D eigenvalue weighted by molar-refractivity contribution is -0.148. The largest absolute Gasteiger partial charge is 0.449 e. The van der Waals surface area contributed by atoms with E-state index in [9.17, 15) is 9.59 Å². The highest BCUT2D eigenvalue weighted by Gasteiger charge is 2.16. The second kappa shape index (κ2) is 8.67. The summed E-state index contributed by atoms with van der Waals surface area (Å²) in [7, 11) is 0. The predicted octanol–water partition coefficient (Wildman–Crippen LogP) is 3.83. The Hall–Kier alpha value is -2.88. The molecule has 0 unspecified atom stereocenters. The number of benzene rings is 2. The van der Waals surface area contributed by atoms with Crippen molar-refractivity contribution in [1.29, 1.82) is 0 Å². The van der Waals surface area contributed by atoms with Crippen LogP contribution in [0.2, 0.25) is 0 Å². The second-order valence-corrected chi connectivity index (χ2v) is 5.36. The molecular weight excluding hydrogens is 302 g/mol. The number of carbonyl (C=O) groups is 2. The highest BCUT2D eigenvalue weighted by Crippen LogP contribution is 2.11. The van der Waals surface area contributed by atoms with Crippen molar-refractivity contribution in [3.8, 4) is 0 Å². The fourth-order valence-corrected chi connectivity index (χ4v) is 2.06. The minimum Gasteiger partial charge on any atom is -0.449 e. The average Bonchev–Trinajstić information content (AvgIpc) is 2.61. The SMILES string of the molecule is CCc1ccc(NC(=O)[C@H](C)OC(=O)/C=C/c2ccccc2)cc1. The second-order valence-electron chi connectivity index (χ2n) is 5.36. The monoisotopic (exact) mass is 323 g/mol. The highest BCUT2D eigenvalue weighted by molar-refractivity contribution is 5.96. The van der Waals surface area contributed by atoms with Crippen molar-refractivity contribution >= 4 is 23.6 Å². The molecule has 4 heteroatoms. The van der Waals surface area contributed by atoms with Crippen LogP contribution in [0.25, 0.3) is 6.08 Å². The molecule has 0 spiro atoms. The third-order valence-corrected chi connectivity index (χ3v) is 3.50. The van der Waals surface area contributed by atoms with E-state index in [0.717, 1.165) is 12.0 Å². The van der Waals surface area contributed by atoms with Crippen LogP contribution in [-0.4, -0.2) is 18.0 Å². The first kappa shape index (κ1) is 17.5. The third-order valence-electron chi connectivity index (χ3n) is 3.50. The molecule has 124 valence electrons. The zero-order valence-corrected chi connectivity index (χ0v) is 13.9. The molecule has 4 nitrogen and oxygen atoms in total. The summed E-state index contributed by atoms with van der Waals surface area (Å²) in [6.07, 6.45) is 3.03. The maximum Gasteiger partial charge on any atom is 0.331 e. The van der Waals surface area contributed by atoms with Gasteiger partial charge in [0.2, 0.25) is 0 Å². The van der Waals surface area contributed by atoms with Crippen molar-refractivity contribution in [3.05, 3.63) is 71.8 Å². The molecule has 0 aliphatic rings. The molecule has 1 atom stereocenters.